The van der Waals surface area contributed by atoms with Gasteiger partial charge in [-0.1, -0.05) is 13.8 Å². The van der Waals surface area contributed by atoms with Crippen LogP contribution in [0.5, 0.6) is 0 Å². The van der Waals surface area contributed by atoms with Gasteiger partial charge in [0.25, 0.3) is 0 Å². The highest BCUT2D eigenvalue weighted by Gasteiger charge is 2.26. The maximum absolute atomic E-state index is 11.0. The predicted octanol–water partition coefficient (Wildman–Crippen LogP) is 3.08. The highest BCUT2D eigenvalue weighted by atomic mass is 16.4. The zero-order chi connectivity index (χ0) is 16.4. The standard InChI is InChI=1S/C18H21N3O2/c1-11(2)14-6-8-20-17-15(14)3-4-16(17)21-10-13-9-12(18(22)23)5-7-19-13/h5-9,11,16,21H,3-4,10H2,1-2H3,(H,22,23). The van der Waals surface area contributed by atoms with Crippen LogP contribution >= 0.6 is 0 Å². The summed E-state index contributed by atoms with van der Waals surface area (Å²) in [5, 5.41) is 12.5. The number of hydrogen-bond donors (Lipinski definition) is 2. The Kier molecular flexibility index (Phi) is 4.39. The Hall–Kier alpha value is -2.27. The lowest BCUT2D eigenvalue weighted by Crippen LogP contribution is -2.20. The summed E-state index contributed by atoms with van der Waals surface area (Å²) in [6, 6.07) is 5.44. The van der Waals surface area contributed by atoms with Crippen LogP contribution in [-0.2, 0) is 13.0 Å². The maximum Gasteiger partial charge on any atom is 0.335 e. The van der Waals surface area contributed by atoms with Crippen LogP contribution in [0.2, 0.25) is 0 Å². The first-order valence-corrected chi connectivity index (χ1v) is 7.95. The Morgan fingerprint density at radius 2 is 2.13 bits per heavy atom. The highest BCUT2D eigenvalue weighted by molar-refractivity contribution is 5.87. The van der Waals surface area contributed by atoms with E-state index >= 15 is 0 Å². The van der Waals surface area contributed by atoms with Gasteiger partial charge in [0.15, 0.2) is 0 Å². The van der Waals surface area contributed by atoms with Crippen molar-refractivity contribution in [1.29, 1.82) is 0 Å². The fourth-order valence-electron chi connectivity index (χ4n) is 3.20. The minimum absolute atomic E-state index is 0.207. The summed E-state index contributed by atoms with van der Waals surface area (Å²) in [4.78, 5) is 19.8. The monoisotopic (exact) mass is 311 g/mol. The van der Waals surface area contributed by atoms with Gasteiger partial charge in [0, 0.05) is 18.9 Å². The second-order valence-corrected chi connectivity index (χ2v) is 6.23. The quantitative estimate of drug-likeness (QED) is 0.887. The van der Waals surface area contributed by atoms with Crippen molar-refractivity contribution in [3.8, 4) is 0 Å². The average Bonchev–Trinajstić information content (AvgIpc) is 2.96. The molecule has 2 heterocycles. The van der Waals surface area contributed by atoms with Crippen molar-refractivity contribution in [2.24, 2.45) is 0 Å². The van der Waals surface area contributed by atoms with Gasteiger partial charge < -0.3 is 10.4 Å². The first-order valence-electron chi connectivity index (χ1n) is 7.95. The van der Waals surface area contributed by atoms with Crippen LogP contribution < -0.4 is 5.32 Å². The molecule has 2 aromatic rings. The molecule has 0 radical (unpaired) electrons. The minimum atomic E-state index is -0.928. The van der Waals surface area contributed by atoms with E-state index in [0.717, 1.165) is 24.2 Å². The topological polar surface area (TPSA) is 75.1 Å². The average molecular weight is 311 g/mol. The summed E-state index contributed by atoms with van der Waals surface area (Å²) in [7, 11) is 0. The van der Waals surface area contributed by atoms with Crippen LogP contribution in [-0.4, -0.2) is 21.0 Å². The normalized spacial score (nSPS) is 16.6. The molecule has 120 valence electrons. The third-order valence-corrected chi connectivity index (χ3v) is 4.35. The molecule has 1 unspecified atom stereocenters. The van der Waals surface area contributed by atoms with Crippen LogP contribution in [0.1, 0.15) is 65.1 Å². The number of carboxylic acids is 1. The molecule has 1 atom stereocenters. The SMILES string of the molecule is CC(C)c1ccnc2c1CCC2NCc1cc(C(=O)O)ccn1. The van der Waals surface area contributed by atoms with Gasteiger partial charge in [0.1, 0.15) is 0 Å². The molecule has 3 rings (SSSR count). The summed E-state index contributed by atoms with van der Waals surface area (Å²) in [5.74, 6) is -0.428. The number of carboxylic acid groups (broad SMARTS) is 1. The lowest BCUT2D eigenvalue weighted by atomic mass is 9.97. The fraction of sp³-hybridized carbons (Fsp3) is 0.389. The third kappa shape index (κ3) is 3.24. The second kappa shape index (κ2) is 6.46. The highest BCUT2D eigenvalue weighted by Crippen LogP contribution is 2.34. The summed E-state index contributed by atoms with van der Waals surface area (Å²) in [5.41, 5.74) is 4.88. The van der Waals surface area contributed by atoms with E-state index in [9.17, 15) is 4.79 Å². The van der Waals surface area contributed by atoms with Crippen molar-refractivity contribution >= 4 is 5.97 Å². The van der Waals surface area contributed by atoms with E-state index in [1.54, 1.807) is 6.07 Å². The van der Waals surface area contributed by atoms with Crippen LogP contribution in [0.25, 0.3) is 0 Å². The molecule has 0 bridgehead atoms. The van der Waals surface area contributed by atoms with Gasteiger partial charge in [0.2, 0.25) is 0 Å². The molecule has 1 aliphatic carbocycles. The Morgan fingerprint density at radius 1 is 1.35 bits per heavy atom. The molecule has 23 heavy (non-hydrogen) atoms. The summed E-state index contributed by atoms with van der Waals surface area (Å²) >= 11 is 0. The molecule has 1 aliphatic rings. The number of rotatable bonds is 5. The number of fused-ring (bicyclic) bond motifs is 1. The van der Waals surface area contributed by atoms with E-state index < -0.39 is 5.97 Å². The number of carbonyl (C=O) groups is 1. The predicted molar refractivity (Wildman–Crippen MR) is 87.4 cm³/mol. The second-order valence-electron chi connectivity index (χ2n) is 6.23. The Labute approximate surface area is 135 Å². The summed E-state index contributed by atoms with van der Waals surface area (Å²) in [6.07, 6.45) is 5.48. The van der Waals surface area contributed by atoms with Crippen molar-refractivity contribution in [2.75, 3.05) is 0 Å². The van der Waals surface area contributed by atoms with Crippen molar-refractivity contribution in [1.82, 2.24) is 15.3 Å². The van der Waals surface area contributed by atoms with Crippen LogP contribution in [0.15, 0.2) is 30.6 Å². The van der Waals surface area contributed by atoms with Gasteiger partial charge >= 0.3 is 5.97 Å². The van der Waals surface area contributed by atoms with Crippen molar-refractivity contribution in [3.05, 3.63) is 58.7 Å². The van der Waals surface area contributed by atoms with E-state index in [1.807, 2.05) is 6.20 Å². The molecule has 0 aliphatic heterocycles. The Bertz CT molecular complexity index is 728. The van der Waals surface area contributed by atoms with Gasteiger partial charge in [-0.25, -0.2) is 4.79 Å². The molecular weight excluding hydrogens is 290 g/mol. The molecule has 0 amide bonds. The van der Waals surface area contributed by atoms with E-state index in [4.69, 9.17) is 5.11 Å². The number of nitrogens with zero attached hydrogens (tertiary/aromatic N) is 2. The van der Waals surface area contributed by atoms with Gasteiger partial charge in [-0.05, 0) is 48.1 Å². The fourth-order valence-corrected chi connectivity index (χ4v) is 3.20. The van der Waals surface area contributed by atoms with Crippen molar-refractivity contribution < 1.29 is 9.90 Å². The molecule has 0 fully saturated rings. The number of nitrogens with one attached hydrogen (secondary N) is 1. The Balaban J connectivity index is 1.74. The van der Waals surface area contributed by atoms with Gasteiger partial charge in [-0.15, -0.1) is 0 Å². The van der Waals surface area contributed by atoms with Crippen LogP contribution in [0.4, 0.5) is 0 Å². The van der Waals surface area contributed by atoms with Gasteiger partial charge in [-0.2, -0.15) is 0 Å². The molecule has 0 saturated heterocycles. The minimum Gasteiger partial charge on any atom is -0.478 e. The number of hydrogen-bond acceptors (Lipinski definition) is 4. The van der Waals surface area contributed by atoms with Gasteiger partial charge in [0.05, 0.1) is 23.0 Å². The van der Waals surface area contributed by atoms with Crippen LogP contribution in [0.3, 0.4) is 0 Å². The lowest BCUT2D eigenvalue weighted by molar-refractivity contribution is 0.0696. The molecule has 0 saturated carbocycles. The zero-order valence-electron chi connectivity index (χ0n) is 13.4. The third-order valence-electron chi connectivity index (χ3n) is 4.35. The number of aromatic carboxylic acids is 1. The van der Waals surface area contributed by atoms with E-state index in [-0.39, 0.29) is 11.6 Å². The van der Waals surface area contributed by atoms with E-state index in [0.29, 0.717) is 12.5 Å². The smallest absolute Gasteiger partial charge is 0.335 e. The molecule has 5 nitrogen and oxygen atoms in total. The number of pyridine rings is 2. The molecule has 2 N–H and O–H groups in total. The van der Waals surface area contributed by atoms with Crippen LogP contribution in [0, 0.1) is 0 Å². The maximum atomic E-state index is 11.0. The van der Waals surface area contributed by atoms with E-state index in [1.165, 1.54) is 23.4 Å². The zero-order valence-corrected chi connectivity index (χ0v) is 13.4. The molecule has 0 aromatic carbocycles. The summed E-state index contributed by atoms with van der Waals surface area (Å²) in [6.45, 7) is 4.95. The van der Waals surface area contributed by atoms with Gasteiger partial charge in [-0.3, -0.25) is 9.97 Å². The molecule has 2 aromatic heterocycles. The number of aromatic nitrogens is 2. The molecular formula is C18H21N3O2. The summed E-state index contributed by atoms with van der Waals surface area (Å²) < 4.78 is 0. The van der Waals surface area contributed by atoms with E-state index in [2.05, 4.69) is 35.2 Å². The first-order chi connectivity index (χ1) is 11.1. The van der Waals surface area contributed by atoms with Crippen molar-refractivity contribution in [3.63, 3.8) is 0 Å². The largest absolute Gasteiger partial charge is 0.478 e. The lowest BCUT2D eigenvalue weighted by Gasteiger charge is -2.15. The molecule has 0 spiro atoms. The van der Waals surface area contributed by atoms with Crippen molar-refractivity contribution in [2.45, 2.75) is 45.2 Å². The first kappa shape index (κ1) is 15.6. The molecule has 5 heteroatoms. The Morgan fingerprint density at radius 3 is 2.87 bits per heavy atom.